The highest BCUT2D eigenvalue weighted by molar-refractivity contribution is 9.11. The average Bonchev–Trinajstić information content (AvgIpc) is 3.62. The minimum Gasteiger partial charge on any atom is -0.268 e. The third-order valence-corrected chi connectivity index (χ3v) is 10.7. The number of nitrogens with zero attached hydrogens (tertiary/aromatic N) is 4. The van der Waals surface area contributed by atoms with Crippen LogP contribution in [-0.2, 0) is 0 Å². The highest BCUT2D eigenvalue weighted by Crippen LogP contribution is 2.49. The van der Waals surface area contributed by atoms with Gasteiger partial charge in [0.05, 0.1) is 32.8 Å². The number of pyridine rings is 2. The summed E-state index contributed by atoms with van der Waals surface area (Å²) in [4.78, 5) is 38.2. The summed E-state index contributed by atoms with van der Waals surface area (Å²) in [5, 5.41) is 11.0. The van der Waals surface area contributed by atoms with Crippen LogP contribution in [0.5, 0.6) is 0 Å². The van der Waals surface area contributed by atoms with Crippen LogP contribution in [0.4, 0.5) is 0 Å². The molecule has 7 aromatic carbocycles. The number of rotatable bonds is 0. The molecule has 0 bridgehead atoms. The van der Waals surface area contributed by atoms with Crippen LogP contribution >= 0.6 is 31.9 Å². The standard InChI is InChI=1S/C36H14Br2N4O2/c37-21-13-19-27-17(33-39-23-5-1-3-7-25(23)41(33)35(19)43)11-9-15-30-22(38)14-20-28-18(12-10-16(32(28)30)29(21)31(15)27)34-40-24-6-2-4-8-26(24)42(34)36(20)44/h1-14H. The molecule has 0 aliphatic carbocycles. The van der Waals surface area contributed by atoms with Gasteiger partial charge in [0.25, 0.3) is 11.1 Å². The van der Waals surface area contributed by atoms with Crippen molar-refractivity contribution in [3.63, 3.8) is 0 Å². The fourth-order valence-electron chi connectivity index (χ4n) is 7.78. The highest BCUT2D eigenvalue weighted by Gasteiger charge is 2.26. The quantitative estimate of drug-likeness (QED) is 0.118. The highest BCUT2D eigenvalue weighted by atomic mass is 79.9. The van der Waals surface area contributed by atoms with Crippen molar-refractivity contribution in [3.8, 4) is 0 Å². The fourth-order valence-corrected chi connectivity index (χ4v) is 9.07. The van der Waals surface area contributed by atoms with E-state index in [2.05, 4.69) is 56.1 Å². The van der Waals surface area contributed by atoms with Gasteiger partial charge < -0.3 is 0 Å². The maximum atomic E-state index is 14.2. The zero-order chi connectivity index (χ0) is 29.2. The molecule has 0 radical (unpaired) electrons. The summed E-state index contributed by atoms with van der Waals surface area (Å²) in [5.74, 6) is 0. The van der Waals surface area contributed by atoms with Crippen LogP contribution in [0.15, 0.2) is 103 Å². The first-order valence-corrected chi connectivity index (χ1v) is 15.7. The second-order valence-corrected chi connectivity index (χ2v) is 13.2. The van der Waals surface area contributed by atoms with Crippen LogP contribution in [0.1, 0.15) is 0 Å². The SMILES string of the molecule is O=c1c2cc(Br)c3c4ccc5c6c(cc(Br)c(c7ccc(c2c73)c2nc3ccccc3n12)c46)c(=O)n1c2ccccc2nc51. The van der Waals surface area contributed by atoms with Gasteiger partial charge >= 0.3 is 0 Å². The van der Waals surface area contributed by atoms with Crippen molar-refractivity contribution >= 4 is 130 Å². The van der Waals surface area contributed by atoms with Gasteiger partial charge in [-0.25, -0.2) is 9.97 Å². The molecule has 4 heterocycles. The summed E-state index contributed by atoms with van der Waals surface area (Å²) in [6.45, 7) is 0. The van der Waals surface area contributed by atoms with Gasteiger partial charge in [0, 0.05) is 52.0 Å². The Morgan fingerprint density at radius 1 is 0.455 bits per heavy atom. The molecule has 8 heteroatoms. The van der Waals surface area contributed by atoms with E-state index in [1.54, 1.807) is 8.80 Å². The molecule has 0 N–H and O–H groups in total. The number of hydrogen-bond acceptors (Lipinski definition) is 4. The Kier molecular flexibility index (Phi) is 4.06. The van der Waals surface area contributed by atoms with E-state index in [9.17, 15) is 9.59 Å². The number of fused-ring (bicyclic) bond motifs is 10. The third-order valence-electron chi connectivity index (χ3n) is 9.48. The smallest absolute Gasteiger partial charge is 0.264 e. The van der Waals surface area contributed by atoms with Gasteiger partial charge in [-0.2, -0.15) is 0 Å². The van der Waals surface area contributed by atoms with Gasteiger partial charge in [0.15, 0.2) is 0 Å². The summed E-state index contributed by atoms with van der Waals surface area (Å²) in [6.07, 6.45) is 0. The van der Waals surface area contributed by atoms with Gasteiger partial charge in [0.2, 0.25) is 0 Å². The van der Waals surface area contributed by atoms with Crippen molar-refractivity contribution in [1.82, 2.24) is 18.8 Å². The molecule has 0 spiro atoms. The lowest BCUT2D eigenvalue weighted by Crippen LogP contribution is -2.14. The Labute approximate surface area is 262 Å². The van der Waals surface area contributed by atoms with Crippen LogP contribution in [-0.4, -0.2) is 18.8 Å². The maximum Gasteiger partial charge on any atom is 0.264 e. The summed E-state index contributed by atoms with van der Waals surface area (Å²) in [7, 11) is 0. The van der Waals surface area contributed by atoms with E-state index in [0.29, 0.717) is 22.1 Å². The molecule has 0 unspecified atom stereocenters. The van der Waals surface area contributed by atoms with E-state index in [4.69, 9.17) is 9.97 Å². The van der Waals surface area contributed by atoms with E-state index in [0.717, 1.165) is 84.9 Å². The molecule has 11 rings (SSSR count). The minimum atomic E-state index is -0.0924. The molecule has 4 aromatic heterocycles. The van der Waals surface area contributed by atoms with Gasteiger partial charge in [-0.1, -0.05) is 68.3 Å². The molecule has 0 saturated heterocycles. The van der Waals surface area contributed by atoms with Gasteiger partial charge in [-0.15, -0.1) is 0 Å². The summed E-state index contributed by atoms with van der Waals surface area (Å²) < 4.78 is 5.13. The average molecular weight is 694 g/mol. The first-order chi connectivity index (χ1) is 21.5. The van der Waals surface area contributed by atoms with Crippen LogP contribution in [0.3, 0.4) is 0 Å². The largest absolute Gasteiger partial charge is 0.268 e. The maximum absolute atomic E-state index is 14.2. The number of hydrogen-bond donors (Lipinski definition) is 0. The molecular formula is C36H14Br2N4O2. The second-order valence-electron chi connectivity index (χ2n) is 11.5. The summed E-state index contributed by atoms with van der Waals surface area (Å²) in [6, 6.07) is 27.8. The van der Waals surface area contributed by atoms with Crippen molar-refractivity contribution in [1.29, 1.82) is 0 Å². The van der Waals surface area contributed by atoms with Crippen LogP contribution in [0, 0.1) is 0 Å². The second kappa shape index (κ2) is 7.59. The molecule has 0 amide bonds. The number of aromatic nitrogens is 4. The Morgan fingerprint density at radius 2 is 0.864 bits per heavy atom. The van der Waals surface area contributed by atoms with Gasteiger partial charge in [0.1, 0.15) is 11.3 Å². The number of imidazole rings is 2. The minimum absolute atomic E-state index is 0.0924. The van der Waals surface area contributed by atoms with E-state index in [1.807, 2.05) is 60.7 Å². The molecule has 6 nitrogen and oxygen atoms in total. The van der Waals surface area contributed by atoms with E-state index in [1.165, 1.54) is 0 Å². The van der Waals surface area contributed by atoms with Crippen molar-refractivity contribution in [2.45, 2.75) is 0 Å². The van der Waals surface area contributed by atoms with Crippen molar-refractivity contribution in [2.24, 2.45) is 0 Å². The van der Waals surface area contributed by atoms with Crippen LogP contribution in [0.25, 0.3) is 98.0 Å². The Balaban J connectivity index is 1.44. The first kappa shape index (κ1) is 23.5. The molecule has 0 saturated carbocycles. The van der Waals surface area contributed by atoms with Gasteiger partial charge in [-0.05, 0) is 59.3 Å². The Bertz CT molecular complexity index is 3020. The lowest BCUT2D eigenvalue weighted by molar-refractivity contribution is 1.19. The monoisotopic (exact) mass is 692 g/mol. The molecule has 0 aliphatic heterocycles. The Hall–Kier alpha value is -4.92. The number of benzene rings is 7. The van der Waals surface area contributed by atoms with E-state index < -0.39 is 0 Å². The molecule has 204 valence electrons. The van der Waals surface area contributed by atoms with Crippen molar-refractivity contribution in [2.75, 3.05) is 0 Å². The molecule has 0 aliphatic rings. The van der Waals surface area contributed by atoms with Crippen molar-refractivity contribution in [3.05, 3.63) is 115 Å². The Morgan fingerprint density at radius 3 is 1.32 bits per heavy atom. The first-order valence-electron chi connectivity index (χ1n) is 14.2. The van der Waals surface area contributed by atoms with Crippen molar-refractivity contribution < 1.29 is 0 Å². The molecule has 0 fully saturated rings. The normalized spacial score (nSPS) is 13.0. The van der Waals surface area contributed by atoms with Crippen LogP contribution < -0.4 is 11.1 Å². The molecule has 44 heavy (non-hydrogen) atoms. The number of halogens is 2. The third kappa shape index (κ3) is 2.50. The lowest BCUT2D eigenvalue weighted by atomic mass is 9.86. The zero-order valence-electron chi connectivity index (χ0n) is 22.4. The zero-order valence-corrected chi connectivity index (χ0v) is 25.6. The predicted octanol–water partition coefficient (Wildman–Crippen LogP) is 8.77. The van der Waals surface area contributed by atoms with E-state index in [-0.39, 0.29) is 11.1 Å². The summed E-state index contributed by atoms with van der Waals surface area (Å²) in [5.41, 5.74) is 4.30. The van der Waals surface area contributed by atoms with E-state index >= 15 is 0 Å². The molecule has 11 aromatic rings. The molecule has 0 atom stereocenters. The number of para-hydroxylation sites is 4. The topological polar surface area (TPSA) is 68.7 Å². The predicted molar refractivity (Wildman–Crippen MR) is 185 cm³/mol. The molecular weight excluding hydrogens is 680 g/mol. The van der Waals surface area contributed by atoms with Gasteiger partial charge in [-0.3, -0.25) is 18.4 Å². The fraction of sp³-hybridized carbons (Fsp3) is 0. The van der Waals surface area contributed by atoms with Crippen LogP contribution in [0.2, 0.25) is 0 Å². The summed E-state index contributed by atoms with van der Waals surface area (Å²) >= 11 is 7.77. The lowest BCUT2D eigenvalue weighted by Gasteiger charge is -2.20.